The smallest absolute Gasteiger partial charge is 0.274 e. The molecule has 3 aromatic carbocycles. The quantitative estimate of drug-likeness (QED) is 0.394. The van der Waals surface area contributed by atoms with Crippen molar-refractivity contribution in [1.29, 1.82) is 0 Å². The zero-order valence-corrected chi connectivity index (χ0v) is 18.4. The van der Waals surface area contributed by atoms with Gasteiger partial charge >= 0.3 is 0 Å². The summed E-state index contributed by atoms with van der Waals surface area (Å²) >= 11 is 1.36. The van der Waals surface area contributed by atoms with Crippen LogP contribution in [0.4, 0.5) is 4.39 Å². The number of halogens is 1. The molecule has 0 spiro atoms. The number of aromatic nitrogens is 1. The summed E-state index contributed by atoms with van der Waals surface area (Å²) in [6.07, 6.45) is 2.30. The van der Waals surface area contributed by atoms with Crippen LogP contribution in [0.25, 0.3) is 10.2 Å². The lowest BCUT2D eigenvalue weighted by Crippen LogP contribution is -2.41. The molecule has 4 aromatic rings. The van der Waals surface area contributed by atoms with E-state index in [9.17, 15) is 9.18 Å². The molecule has 1 aliphatic rings. The fourth-order valence-corrected chi connectivity index (χ4v) is 4.94. The molecule has 0 saturated carbocycles. The molecule has 162 valence electrons. The number of carbonyl (C=O) groups excluding carboxylic acids is 1. The Morgan fingerprint density at radius 3 is 2.41 bits per heavy atom. The highest BCUT2D eigenvalue weighted by Gasteiger charge is 2.25. The maximum atomic E-state index is 13.9. The predicted octanol–water partition coefficient (Wildman–Crippen LogP) is 5.71. The predicted molar refractivity (Wildman–Crippen MR) is 125 cm³/mol. The van der Waals surface area contributed by atoms with E-state index in [-0.39, 0.29) is 17.8 Å². The standard InChI is InChI=1S/C26H23FN2O2S/c27-22-7-4-8-23-24(22)28-26(32-23)31-21-13-15-29(16-14-21)25(30)20-11-9-19(10-12-20)17-18-5-2-1-3-6-18/h1-12,21H,13-17H2. The Hall–Kier alpha value is -3.25. The fraction of sp³-hybridized carbons (Fsp3) is 0.231. The van der Waals surface area contributed by atoms with Crippen LogP contribution in [-0.4, -0.2) is 35.0 Å². The minimum atomic E-state index is -0.330. The van der Waals surface area contributed by atoms with Crippen molar-refractivity contribution in [1.82, 2.24) is 9.88 Å². The van der Waals surface area contributed by atoms with Gasteiger partial charge in [0.15, 0.2) is 0 Å². The van der Waals surface area contributed by atoms with Crippen LogP contribution in [0.1, 0.15) is 34.3 Å². The molecule has 0 radical (unpaired) electrons. The molecular weight excluding hydrogens is 423 g/mol. The molecule has 0 N–H and O–H groups in total. The Morgan fingerprint density at radius 2 is 1.69 bits per heavy atom. The zero-order valence-electron chi connectivity index (χ0n) is 17.5. The molecule has 5 rings (SSSR count). The maximum absolute atomic E-state index is 13.9. The number of hydrogen-bond acceptors (Lipinski definition) is 4. The summed E-state index contributed by atoms with van der Waals surface area (Å²) in [5.74, 6) is -0.277. The molecule has 0 unspecified atom stereocenters. The monoisotopic (exact) mass is 446 g/mol. The molecule has 1 saturated heterocycles. The van der Waals surface area contributed by atoms with E-state index in [2.05, 4.69) is 17.1 Å². The first-order valence-corrected chi connectivity index (χ1v) is 11.6. The van der Waals surface area contributed by atoms with Crippen molar-refractivity contribution >= 4 is 27.5 Å². The number of nitrogens with zero attached hydrogens (tertiary/aromatic N) is 2. The highest BCUT2D eigenvalue weighted by atomic mass is 32.1. The molecule has 0 bridgehead atoms. The Bertz CT molecular complexity index is 1220. The SMILES string of the molecule is O=C(c1ccc(Cc2ccccc2)cc1)N1CCC(Oc2nc3c(F)cccc3s2)CC1. The Labute approximate surface area is 190 Å². The van der Waals surface area contributed by atoms with Crippen LogP contribution < -0.4 is 4.74 Å². The summed E-state index contributed by atoms with van der Waals surface area (Å²) in [6, 6.07) is 23.1. The third-order valence-electron chi connectivity index (χ3n) is 5.80. The number of carbonyl (C=O) groups is 1. The van der Waals surface area contributed by atoms with Crippen LogP contribution >= 0.6 is 11.3 Å². The topological polar surface area (TPSA) is 42.4 Å². The van der Waals surface area contributed by atoms with Crippen molar-refractivity contribution in [3.63, 3.8) is 0 Å². The van der Waals surface area contributed by atoms with Crippen molar-refractivity contribution in [2.45, 2.75) is 25.4 Å². The summed E-state index contributed by atoms with van der Waals surface area (Å²) in [4.78, 5) is 19.1. The molecule has 6 heteroatoms. The Morgan fingerprint density at radius 1 is 0.969 bits per heavy atom. The maximum Gasteiger partial charge on any atom is 0.274 e. The zero-order chi connectivity index (χ0) is 21.9. The third kappa shape index (κ3) is 4.50. The summed E-state index contributed by atoms with van der Waals surface area (Å²) in [5, 5.41) is 0.490. The van der Waals surface area contributed by atoms with Gasteiger partial charge in [0, 0.05) is 31.5 Å². The molecular formula is C26H23FN2O2S. The van der Waals surface area contributed by atoms with Crippen molar-refractivity contribution in [3.05, 3.63) is 95.3 Å². The van der Waals surface area contributed by atoms with E-state index in [1.54, 1.807) is 6.07 Å². The van der Waals surface area contributed by atoms with Gasteiger partial charge in [-0.15, -0.1) is 0 Å². The van der Waals surface area contributed by atoms with Gasteiger partial charge in [-0.05, 0) is 41.8 Å². The fourth-order valence-electron chi connectivity index (χ4n) is 4.04. The van der Waals surface area contributed by atoms with Crippen LogP contribution in [0, 0.1) is 5.82 Å². The average molecular weight is 447 g/mol. The van der Waals surface area contributed by atoms with Gasteiger partial charge in [0.2, 0.25) is 0 Å². The summed E-state index contributed by atoms with van der Waals surface area (Å²) < 4.78 is 20.6. The summed E-state index contributed by atoms with van der Waals surface area (Å²) in [7, 11) is 0. The van der Waals surface area contributed by atoms with Crippen LogP contribution in [0.3, 0.4) is 0 Å². The highest BCUT2D eigenvalue weighted by Crippen LogP contribution is 2.31. The van der Waals surface area contributed by atoms with Crippen LogP contribution in [-0.2, 0) is 6.42 Å². The molecule has 4 nitrogen and oxygen atoms in total. The van der Waals surface area contributed by atoms with E-state index >= 15 is 0 Å². The molecule has 1 aromatic heterocycles. The average Bonchev–Trinajstić information content (AvgIpc) is 3.24. The van der Waals surface area contributed by atoms with Gasteiger partial charge < -0.3 is 9.64 Å². The number of likely N-dealkylation sites (tertiary alicyclic amines) is 1. The number of amides is 1. The normalized spacial score (nSPS) is 14.6. The second kappa shape index (κ2) is 9.09. The molecule has 1 amide bonds. The van der Waals surface area contributed by atoms with Crippen molar-refractivity contribution in [2.24, 2.45) is 0 Å². The second-order valence-corrected chi connectivity index (χ2v) is 9.03. The van der Waals surface area contributed by atoms with Crippen molar-refractivity contribution < 1.29 is 13.9 Å². The van der Waals surface area contributed by atoms with Crippen LogP contribution in [0.15, 0.2) is 72.8 Å². The molecule has 1 fully saturated rings. The van der Waals surface area contributed by atoms with Gasteiger partial charge in [-0.1, -0.05) is 59.9 Å². The van der Waals surface area contributed by atoms with E-state index in [1.165, 1.54) is 28.5 Å². The molecule has 1 aliphatic heterocycles. The highest BCUT2D eigenvalue weighted by molar-refractivity contribution is 7.20. The Kier molecular flexibility index (Phi) is 5.86. The van der Waals surface area contributed by atoms with E-state index in [0.717, 1.165) is 24.0 Å². The van der Waals surface area contributed by atoms with Crippen LogP contribution in [0.5, 0.6) is 5.19 Å². The van der Waals surface area contributed by atoms with E-state index in [1.807, 2.05) is 53.4 Å². The number of rotatable bonds is 5. The lowest BCUT2D eigenvalue weighted by atomic mass is 10.0. The largest absolute Gasteiger partial charge is 0.467 e. The van der Waals surface area contributed by atoms with Gasteiger partial charge in [-0.2, -0.15) is 4.98 Å². The van der Waals surface area contributed by atoms with E-state index in [0.29, 0.717) is 29.4 Å². The third-order valence-corrected chi connectivity index (χ3v) is 6.71. The van der Waals surface area contributed by atoms with Gasteiger partial charge in [-0.3, -0.25) is 4.79 Å². The second-order valence-electron chi connectivity index (χ2n) is 8.04. The van der Waals surface area contributed by atoms with E-state index < -0.39 is 0 Å². The molecule has 32 heavy (non-hydrogen) atoms. The number of fused-ring (bicyclic) bond motifs is 1. The van der Waals surface area contributed by atoms with Crippen LogP contribution in [0.2, 0.25) is 0 Å². The number of benzene rings is 3. The molecule has 0 aliphatic carbocycles. The minimum Gasteiger partial charge on any atom is -0.467 e. The number of thiazole rings is 1. The number of ether oxygens (including phenoxy) is 1. The van der Waals surface area contributed by atoms with Crippen molar-refractivity contribution in [2.75, 3.05) is 13.1 Å². The minimum absolute atomic E-state index is 0.0177. The van der Waals surface area contributed by atoms with Gasteiger partial charge in [-0.25, -0.2) is 4.39 Å². The first kappa shape index (κ1) is 20.6. The van der Waals surface area contributed by atoms with Gasteiger partial charge in [0.25, 0.3) is 11.1 Å². The van der Waals surface area contributed by atoms with Crippen molar-refractivity contribution in [3.8, 4) is 5.19 Å². The number of para-hydroxylation sites is 1. The lowest BCUT2D eigenvalue weighted by molar-refractivity contribution is 0.0595. The first-order chi connectivity index (χ1) is 15.7. The molecule has 2 heterocycles. The van der Waals surface area contributed by atoms with Gasteiger partial charge in [0.05, 0.1) is 4.70 Å². The lowest BCUT2D eigenvalue weighted by Gasteiger charge is -2.31. The summed E-state index contributed by atoms with van der Waals surface area (Å²) in [6.45, 7) is 1.27. The molecule has 0 atom stereocenters. The number of hydrogen-bond donors (Lipinski definition) is 0. The number of piperidine rings is 1. The first-order valence-electron chi connectivity index (χ1n) is 10.8. The van der Waals surface area contributed by atoms with Gasteiger partial charge in [0.1, 0.15) is 17.4 Å². The van der Waals surface area contributed by atoms with E-state index in [4.69, 9.17) is 4.74 Å². The summed E-state index contributed by atoms with van der Waals surface area (Å²) in [5.41, 5.74) is 3.51. The Balaban J connectivity index is 1.16.